The van der Waals surface area contributed by atoms with Crippen LogP contribution in [0.2, 0.25) is 0 Å². The van der Waals surface area contributed by atoms with Gasteiger partial charge in [0, 0.05) is 86.3 Å². The Hall–Kier alpha value is -1.06. The largest absolute Gasteiger partial charge is 1.00 e. The third-order valence-electron chi connectivity index (χ3n) is 4.05. The summed E-state index contributed by atoms with van der Waals surface area (Å²) < 4.78 is 52.2. The molecule has 0 amide bonds. The normalized spacial score (nSPS) is 10.1. The van der Waals surface area contributed by atoms with E-state index in [9.17, 15) is 16.8 Å². The van der Waals surface area contributed by atoms with Gasteiger partial charge < -0.3 is 59.4 Å². The molecule has 4 aromatic rings. The molecule has 206 valence electrons. The third-order valence-corrected chi connectivity index (χ3v) is 6.74. The summed E-state index contributed by atoms with van der Waals surface area (Å²) in [6.45, 7) is 0. The van der Waals surface area contributed by atoms with E-state index in [1.54, 1.807) is 36.4 Å². The highest BCUT2D eigenvalue weighted by Gasteiger charge is 2.16. The van der Waals surface area contributed by atoms with Gasteiger partial charge >= 0.3 is 0 Å². The second-order valence-electron chi connectivity index (χ2n) is 6.64. The van der Waals surface area contributed by atoms with Crippen LogP contribution in [0.15, 0.2) is 95.2 Å². The number of halogens is 4. The fraction of sp³-hybridized carbons (Fsp3) is 0. The Kier molecular flexibility index (Phi) is 17.8. The Labute approximate surface area is 278 Å². The van der Waals surface area contributed by atoms with Crippen molar-refractivity contribution in [2.24, 2.45) is 0 Å². The molecule has 0 radical (unpaired) electrons. The van der Waals surface area contributed by atoms with Gasteiger partial charge in [0.25, 0.3) is 20.0 Å². The number of hydrogen-bond acceptors (Lipinski definition) is 8. The first-order valence-corrected chi connectivity index (χ1v) is 19.0. The number of nitrogens with one attached hydrogen (secondary N) is 2. The molecule has 18 heteroatoms. The van der Waals surface area contributed by atoms with Gasteiger partial charge in [-0.15, -0.1) is 0 Å². The van der Waals surface area contributed by atoms with Gasteiger partial charge in [-0.1, -0.05) is 0 Å². The van der Waals surface area contributed by atoms with Gasteiger partial charge in [-0.05, 0) is 36.4 Å². The van der Waals surface area contributed by atoms with Crippen LogP contribution in [0, 0.1) is 0 Å². The lowest BCUT2D eigenvalue weighted by Gasteiger charge is -2.05. The van der Waals surface area contributed by atoms with Crippen LogP contribution < -0.4 is 68.9 Å². The molecule has 2 aromatic carbocycles. The van der Waals surface area contributed by atoms with E-state index in [-0.39, 0.29) is 69.6 Å². The molecule has 0 spiro atoms. The first kappa shape index (κ1) is 36.9. The number of anilines is 2. The molecule has 12 nitrogen and oxygen atoms in total. The van der Waals surface area contributed by atoms with E-state index in [1.165, 1.54) is 49.1 Å². The van der Waals surface area contributed by atoms with Crippen molar-refractivity contribution in [3.63, 3.8) is 0 Å². The van der Waals surface area contributed by atoms with E-state index in [2.05, 4.69) is 78.1 Å². The quantitative estimate of drug-likeness (QED) is 0.141. The molecule has 0 fully saturated rings. The maximum atomic E-state index is 11.9. The summed E-state index contributed by atoms with van der Waals surface area (Å²) in [7, 11) is -7.27. The van der Waals surface area contributed by atoms with E-state index in [0.29, 0.717) is 0 Å². The Bertz CT molecular complexity index is 1320. The molecular formula is C20H22I4N8O4S2. The maximum Gasteiger partial charge on any atom is 0.264 e. The first-order valence-electron chi connectivity index (χ1n) is 9.74. The fourth-order valence-electron chi connectivity index (χ4n) is 2.40. The average Bonchev–Trinajstić information content (AvgIpc) is 2.87. The zero-order valence-corrected chi connectivity index (χ0v) is 29.5. The molecule has 0 atom stereocenters. The van der Waals surface area contributed by atoms with Crippen molar-refractivity contribution in [3.05, 3.63) is 85.5 Å². The zero-order valence-electron chi connectivity index (χ0n) is 19.2. The van der Waals surface area contributed by atoms with Crippen LogP contribution in [-0.2, 0) is 20.0 Å². The summed E-state index contributed by atoms with van der Waals surface area (Å²) in [5.41, 5.74) is 8.88. The lowest BCUT2D eigenvalue weighted by atomic mass is 10.3. The average molecular weight is 1010 g/mol. The van der Waals surface area contributed by atoms with Gasteiger partial charge in [0.15, 0.2) is 0 Å². The molecule has 38 heavy (non-hydrogen) atoms. The minimum absolute atomic E-state index is 0. The summed E-state index contributed by atoms with van der Waals surface area (Å²) in [5, 5.41) is 0. The van der Waals surface area contributed by atoms with Crippen LogP contribution in [0.25, 0.3) is 0 Å². The predicted octanol–water partition coefficient (Wildman–Crippen LogP) is -3.92. The van der Waals surface area contributed by atoms with Crippen molar-refractivity contribution < 1.29 is 76.3 Å². The van der Waals surface area contributed by atoms with Crippen LogP contribution in [0.5, 0.6) is 0 Å². The molecule has 0 unspecified atom stereocenters. The van der Waals surface area contributed by atoms with Crippen molar-refractivity contribution in [3.8, 4) is 0 Å². The van der Waals surface area contributed by atoms with E-state index in [4.69, 9.17) is 0 Å². The summed E-state index contributed by atoms with van der Waals surface area (Å²) >= 11 is 4.24. The van der Waals surface area contributed by atoms with Crippen LogP contribution in [0.3, 0.4) is 0 Å². The van der Waals surface area contributed by atoms with Crippen molar-refractivity contribution in [2.75, 3.05) is 9.44 Å². The number of aromatic nitrogens is 4. The minimum Gasteiger partial charge on any atom is -1.00 e. The number of nitrogens with zero attached hydrogens (tertiary/aromatic N) is 4. The standard InChI is InChI=1S/2C10H10N4O2S.I2.2HI/c2*11-8-2-4-9(5-3-8)17(15,16)14-10-12-6-1-7-13-10;1-2;;/h2*1-7H,11H2,(H,12,13,14);;2*1H. The number of sulfonamides is 2. The molecule has 2 aromatic heterocycles. The molecule has 0 aliphatic rings. The van der Waals surface area contributed by atoms with E-state index in [0.717, 1.165) is 11.4 Å². The van der Waals surface area contributed by atoms with Gasteiger partial charge in [0.05, 0.1) is 9.79 Å². The van der Waals surface area contributed by atoms with Crippen molar-refractivity contribution in [2.45, 2.75) is 9.79 Å². The van der Waals surface area contributed by atoms with Gasteiger partial charge in [-0.25, -0.2) is 46.2 Å². The highest BCUT2D eigenvalue weighted by Crippen LogP contribution is 2.14. The van der Waals surface area contributed by atoms with Crippen LogP contribution in [-0.4, -0.2) is 36.8 Å². The Balaban J connectivity index is 0.000000645. The van der Waals surface area contributed by atoms with E-state index < -0.39 is 20.0 Å². The van der Waals surface area contributed by atoms with Gasteiger partial charge in [0.1, 0.15) is 11.4 Å². The van der Waals surface area contributed by atoms with Gasteiger partial charge in [0.2, 0.25) is 11.9 Å². The molecule has 0 aliphatic carbocycles. The smallest absolute Gasteiger partial charge is 0.264 e. The zero-order chi connectivity index (χ0) is 26.6. The summed E-state index contributed by atoms with van der Waals surface area (Å²) in [6.07, 6.45) is 5.85. The maximum absolute atomic E-state index is 11.9. The summed E-state index contributed by atoms with van der Waals surface area (Å²) in [6, 6.07) is 15.6. The molecule has 0 aliphatic heterocycles. The molecule has 8 N–H and O–H groups in total. The summed E-state index contributed by atoms with van der Waals surface area (Å²) in [5.74, 6) is 0.0948. The monoisotopic (exact) mass is 1010 g/mol. The highest BCUT2D eigenvalue weighted by atomic mass is 128. The fourth-order valence-corrected chi connectivity index (χ4v) is 4.32. The first-order chi connectivity index (χ1) is 17.2. The highest BCUT2D eigenvalue weighted by molar-refractivity contribution is 15.0. The van der Waals surface area contributed by atoms with E-state index in [1.807, 2.05) is 0 Å². The molecule has 2 heterocycles. The second kappa shape index (κ2) is 18.3. The summed E-state index contributed by atoms with van der Waals surface area (Å²) in [4.78, 5) is 15.5. The Morgan fingerprint density at radius 2 is 0.816 bits per heavy atom. The van der Waals surface area contributed by atoms with Gasteiger partial charge in [-0.3, -0.25) is 0 Å². The number of hydrogen-bond donors (Lipinski definition) is 4. The van der Waals surface area contributed by atoms with Gasteiger partial charge in [-0.2, -0.15) is 0 Å². The lowest BCUT2D eigenvalue weighted by Crippen LogP contribution is -3.00. The van der Waals surface area contributed by atoms with E-state index >= 15 is 0 Å². The van der Waals surface area contributed by atoms with Crippen molar-refractivity contribution in [1.82, 2.24) is 19.9 Å². The predicted molar refractivity (Wildman–Crippen MR) is 152 cm³/mol. The molecular weight excluding hydrogens is 988 g/mol. The minimum atomic E-state index is -3.63. The van der Waals surface area contributed by atoms with Crippen LogP contribution in [0.4, 0.5) is 23.3 Å². The van der Waals surface area contributed by atoms with Crippen molar-refractivity contribution in [1.29, 1.82) is 0 Å². The molecule has 0 saturated heterocycles. The van der Waals surface area contributed by atoms with Crippen LogP contribution in [0.1, 0.15) is 0 Å². The lowest BCUT2D eigenvalue weighted by molar-refractivity contribution is -0.255. The van der Waals surface area contributed by atoms with Crippen LogP contribution >= 0.6 is 37.2 Å². The Morgan fingerprint density at radius 1 is 0.553 bits per heavy atom. The second-order valence-corrected chi connectivity index (χ2v) is 10.0. The number of rotatable bonds is 6. The van der Waals surface area contributed by atoms with Crippen molar-refractivity contribution >= 4 is 80.5 Å². The number of quaternary nitrogens is 2. The SMILES string of the molecule is II.[I-].[I-].[NH3+]c1ccc(S(=O)(=O)Nc2ncccn2)cc1.[NH3+]c1ccc(S(=O)(=O)Nc2ncccn2)cc1. The third kappa shape index (κ3) is 12.4. The Morgan fingerprint density at radius 3 is 1.08 bits per heavy atom. The molecule has 0 bridgehead atoms. The topological polar surface area (TPSA) is 199 Å². The molecule has 4 rings (SSSR count). The molecule has 0 saturated carbocycles. The number of benzene rings is 2.